The first-order valence-electron chi connectivity index (χ1n) is 12.4. The highest BCUT2D eigenvalue weighted by Gasteiger charge is 2.33. The van der Waals surface area contributed by atoms with Crippen molar-refractivity contribution in [2.24, 2.45) is 0 Å². The van der Waals surface area contributed by atoms with E-state index in [1.807, 2.05) is 38.1 Å². The molecule has 0 bridgehead atoms. The monoisotopic (exact) mass is 537 g/mol. The van der Waals surface area contributed by atoms with Crippen LogP contribution in [0.5, 0.6) is 5.75 Å². The van der Waals surface area contributed by atoms with Gasteiger partial charge in [0.1, 0.15) is 18.3 Å². The molecule has 0 saturated heterocycles. The third-order valence-electron chi connectivity index (χ3n) is 6.36. The lowest BCUT2D eigenvalue weighted by atomic mass is 10.1. The number of aryl methyl sites for hydroxylation is 2. The van der Waals surface area contributed by atoms with E-state index in [0.717, 1.165) is 21.0 Å². The van der Waals surface area contributed by atoms with E-state index < -0.39 is 28.5 Å². The van der Waals surface area contributed by atoms with E-state index in [2.05, 4.69) is 5.32 Å². The summed E-state index contributed by atoms with van der Waals surface area (Å²) in [7, 11) is -2.72. The molecule has 0 aliphatic carbocycles. The fourth-order valence-electron chi connectivity index (χ4n) is 4.06. The lowest BCUT2D eigenvalue weighted by Gasteiger charge is -2.32. The first kappa shape index (κ1) is 28.7. The van der Waals surface area contributed by atoms with E-state index >= 15 is 0 Å². The number of amides is 2. The number of carbonyl (C=O) groups excluding carboxylic acids is 2. The lowest BCUT2D eigenvalue weighted by molar-refractivity contribution is -0.139. The summed E-state index contributed by atoms with van der Waals surface area (Å²) in [6, 6.07) is 19.8. The minimum Gasteiger partial charge on any atom is -0.495 e. The Morgan fingerprint density at radius 3 is 2.21 bits per heavy atom. The topological polar surface area (TPSA) is 96.0 Å². The van der Waals surface area contributed by atoms with Crippen LogP contribution < -0.4 is 14.4 Å². The van der Waals surface area contributed by atoms with E-state index in [1.54, 1.807) is 50.2 Å². The number of nitrogens with one attached hydrogen (secondary N) is 1. The molecule has 0 spiro atoms. The van der Waals surface area contributed by atoms with Gasteiger partial charge < -0.3 is 15.0 Å². The Bertz CT molecular complexity index is 1370. The number of hydrogen-bond donors (Lipinski definition) is 1. The van der Waals surface area contributed by atoms with Gasteiger partial charge in [0.25, 0.3) is 10.0 Å². The SMILES string of the molecule is CCNC(=O)[C@@H](C)N(Cc1ccccc1C)C(=O)CN(c1ccccc1OC)S(=O)(=O)c1ccc(C)cc1. The fraction of sp³-hybridized carbons (Fsp3) is 0.310. The maximum Gasteiger partial charge on any atom is 0.264 e. The number of nitrogens with zero attached hydrogens (tertiary/aromatic N) is 2. The zero-order chi connectivity index (χ0) is 27.9. The maximum atomic E-state index is 13.9. The van der Waals surface area contributed by atoms with Crippen LogP contribution in [-0.4, -0.2) is 51.4 Å². The molecule has 9 heteroatoms. The molecule has 0 unspecified atom stereocenters. The van der Waals surface area contributed by atoms with E-state index in [0.29, 0.717) is 12.3 Å². The Kier molecular flexibility index (Phi) is 9.52. The van der Waals surface area contributed by atoms with Gasteiger partial charge in [0.15, 0.2) is 0 Å². The van der Waals surface area contributed by atoms with Crippen molar-refractivity contribution in [1.29, 1.82) is 0 Å². The second-order valence-electron chi connectivity index (χ2n) is 9.02. The molecule has 38 heavy (non-hydrogen) atoms. The maximum absolute atomic E-state index is 13.9. The summed E-state index contributed by atoms with van der Waals surface area (Å²) in [5.74, 6) is -0.536. The van der Waals surface area contributed by atoms with Crippen molar-refractivity contribution in [3.63, 3.8) is 0 Å². The number of methoxy groups -OCH3 is 1. The van der Waals surface area contributed by atoms with Crippen LogP contribution in [0.25, 0.3) is 0 Å². The van der Waals surface area contributed by atoms with Gasteiger partial charge in [-0.25, -0.2) is 8.42 Å². The van der Waals surface area contributed by atoms with Crippen molar-refractivity contribution in [2.45, 2.75) is 45.2 Å². The van der Waals surface area contributed by atoms with Gasteiger partial charge in [0.05, 0.1) is 17.7 Å². The van der Waals surface area contributed by atoms with Crippen LogP contribution in [0.15, 0.2) is 77.7 Å². The molecule has 2 amide bonds. The van der Waals surface area contributed by atoms with Gasteiger partial charge in [0, 0.05) is 13.1 Å². The summed E-state index contributed by atoms with van der Waals surface area (Å²) in [5.41, 5.74) is 2.96. The van der Waals surface area contributed by atoms with Crippen molar-refractivity contribution >= 4 is 27.5 Å². The van der Waals surface area contributed by atoms with E-state index in [4.69, 9.17) is 4.74 Å². The molecule has 0 aliphatic rings. The third-order valence-corrected chi connectivity index (χ3v) is 8.14. The highest BCUT2D eigenvalue weighted by molar-refractivity contribution is 7.92. The number of para-hydroxylation sites is 2. The first-order valence-corrected chi connectivity index (χ1v) is 13.9. The molecule has 1 atom stereocenters. The Balaban J connectivity index is 2.08. The zero-order valence-corrected chi connectivity index (χ0v) is 23.3. The number of benzene rings is 3. The average Bonchev–Trinajstić information content (AvgIpc) is 2.91. The number of carbonyl (C=O) groups is 2. The number of likely N-dealkylation sites (N-methyl/N-ethyl adjacent to an activating group) is 1. The zero-order valence-electron chi connectivity index (χ0n) is 22.5. The first-order chi connectivity index (χ1) is 18.1. The minimum atomic E-state index is -4.16. The molecule has 3 aromatic rings. The standard InChI is InChI=1S/C29H35N3O5S/c1-6-30-29(34)23(4)31(19-24-12-8-7-11-22(24)3)28(33)20-32(26-13-9-10-14-27(26)37-5)38(35,36)25-17-15-21(2)16-18-25/h7-18,23H,6,19-20H2,1-5H3,(H,30,34)/t23-/m1/s1. The van der Waals surface area contributed by atoms with Crippen LogP contribution >= 0.6 is 0 Å². The van der Waals surface area contributed by atoms with Crippen molar-refractivity contribution in [3.8, 4) is 5.75 Å². The number of hydrogen-bond acceptors (Lipinski definition) is 5. The van der Waals surface area contributed by atoms with Gasteiger partial charge in [0.2, 0.25) is 11.8 Å². The molecule has 0 aliphatic heterocycles. The van der Waals surface area contributed by atoms with Crippen LogP contribution in [0, 0.1) is 13.8 Å². The Labute approximate surface area is 225 Å². The summed E-state index contributed by atoms with van der Waals surface area (Å²) in [5, 5.41) is 2.76. The van der Waals surface area contributed by atoms with Crippen LogP contribution in [0.4, 0.5) is 5.69 Å². The highest BCUT2D eigenvalue weighted by atomic mass is 32.2. The smallest absolute Gasteiger partial charge is 0.264 e. The number of rotatable bonds is 11. The Hall–Kier alpha value is -3.85. The molecule has 0 aromatic heterocycles. The van der Waals surface area contributed by atoms with Gasteiger partial charge >= 0.3 is 0 Å². The van der Waals surface area contributed by atoms with Crippen LogP contribution in [0.1, 0.15) is 30.5 Å². The van der Waals surface area contributed by atoms with Gasteiger partial charge in [-0.3, -0.25) is 13.9 Å². The molecule has 0 saturated carbocycles. The molecule has 202 valence electrons. The highest BCUT2D eigenvalue weighted by Crippen LogP contribution is 2.32. The molecular weight excluding hydrogens is 502 g/mol. The van der Waals surface area contributed by atoms with Gasteiger partial charge in [-0.2, -0.15) is 0 Å². The lowest BCUT2D eigenvalue weighted by Crippen LogP contribution is -2.51. The van der Waals surface area contributed by atoms with Gasteiger partial charge in [-0.05, 0) is 63.1 Å². The van der Waals surface area contributed by atoms with E-state index in [1.165, 1.54) is 24.1 Å². The van der Waals surface area contributed by atoms with E-state index in [-0.39, 0.29) is 23.0 Å². The van der Waals surface area contributed by atoms with Crippen molar-refractivity contribution in [3.05, 3.63) is 89.5 Å². The predicted octanol–water partition coefficient (Wildman–Crippen LogP) is 4.06. The van der Waals surface area contributed by atoms with Crippen molar-refractivity contribution < 1.29 is 22.7 Å². The summed E-state index contributed by atoms with van der Waals surface area (Å²) >= 11 is 0. The number of anilines is 1. The molecule has 1 N–H and O–H groups in total. The number of sulfonamides is 1. The van der Waals surface area contributed by atoms with Crippen LogP contribution in [0.2, 0.25) is 0 Å². The quantitative estimate of drug-likeness (QED) is 0.398. The van der Waals surface area contributed by atoms with Crippen LogP contribution in [-0.2, 0) is 26.2 Å². The molecule has 0 fully saturated rings. The van der Waals surface area contributed by atoms with Crippen LogP contribution in [0.3, 0.4) is 0 Å². The second-order valence-corrected chi connectivity index (χ2v) is 10.9. The normalized spacial score (nSPS) is 11.9. The summed E-state index contributed by atoms with van der Waals surface area (Å²) < 4.78 is 34.3. The second kappa shape index (κ2) is 12.6. The predicted molar refractivity (Wildman–Crippen MR) is 149 cm³/mol. The molecule has 3 rings (SSSR count). The Morgan fingerprint density at radius 2 is 1.58 bits per heavy atom. The van der Waals surface area contributed by atoms with Crippen molar-refractivity contribution in [2.75, 3.05) is 24.5 Å². The molecule has 0 radical (unpaired) electrons. The molecule has 0 heterocycles. The van der Waals surface area contributed by atoms with Gasteiger partial charge in [-0.15, -0.1) is 0 Å². The third kappa shape index (κ3) is 6.52. The molecular formula is C29H35N3O5S. The summed E-state index contributed by atoms with van der Waals surface area (Å²) in [6.07, 6.45) is 0. The summed E-state index contributed by atoms with van der Waals surface area (Å²) in [4.78, 5) is 28.2. The summed E-state index contributed by atoms with van der Waals surface area (Å²) in [6.45, 7) is 7.27. The van der Waals surface area contributed by atoms with Crippen molar-refractivity contribution in [1.82, 2.24) is 10.2 Å². The number of ether oxygens (including phenoxy) is 1. The van der Waals surface area contributed by atoms with Gasteiger partial charge in [-0.1, -0.05) is 54.1 Å². The Morgan fingerprint density at radius 1 is 0.947 bits per heavy atom. The molecule has 8 nitrogen and oxygen atoms in total. The molecule has 3 aromatic carbocycles. The van der Waals surface area contributed by atoms with E-state index in [9.17, 15) is 18.0 Å². The fourth-order valence-corrected chi connectivity index (χ4v) is 5.49. The largest absolute Gasteiger partial charge is 0.495 e. The minimum absolute atomic E-state index is 0.0454. The average molecular weight is 538 g/mol.